The van der Waals surface area contributed by atoms with Gasteiger partial charge in [-0.3, -0.25) is 0 Å². The highest BCUT2D eigenvalue weighted by Crippen LogP contribution is 2.48. The quantitative estimate of drug-likeness (QED) is 0.810. The molecule has 4 heteroatoms. The Morgan fingerprint density at radius 2 is 1.76 bits per heavy atom. The maximum absolute atomic E-state index is 7.55. The first kappa shape index (κ1) is 13.7. The first-order valence-corrected chi connectivity index (χ1v) is 9.86. The van der Waals surface area contributed by atoms with Crippen LogP contribution in [-0.4, -0.2) is 56.0 Å². The van der Waals surface area contributed by atoms with Crippen LogP contribution in [-0.2, 0) is 0 Å². The number of nitrogens with zero attached hydrogens (tertiary/aromatic N) is 3. The van der Waals surface area contributed by atoms with E-state index in [-0.39, 0.29) is 0 Å². The Labute approximate surface area is 159 Å². The van der Waals surface area contributed by atoms with Crippen molar-refractivity contribution in [3.8, 4) is 0 Å². The van der Waals surface area contributed by atoms with Crippen molar-refractivity contribution in [3.05, 3.63) is 48.0 Å². The van der Waals surface area contributed by atoms with Crippen molar-refractivity contribution in [2.45, 2.75) is 23.1 Å². The molecular weight excluding hydrogens is 326 g/mol. The first-order valence-electron chi connectivity index (χ1n) is 10.5. The summed E-state index contributed by atoms with van der Waals surface area (Å²) in [5.41, 5.74) is 3.87. The Hall–Kier alpha value is -1.49. The van der Waals surface area contributed by atoms with Gasteiger partial charge < -0.3 is 14.7 Å². The number of rotatable bonds is 4. The van der Waals surface area contributed by atoms with E-state index >= 15 is 0 Å². The van der Waals surface area contributed by atoms with E-state index in [2.05, 4.69) is 59.2 Å². The summed E-state index contributed by atoms with van der Waals surface area (Å²) < 4.78 is 22.7. The zero-order valence-corrected chi connectivity index (χ0v) is 15.6. The fraction of sp³-hybridized carbons (Fsp3) is 0.429. The summed E-state index contributed by atoms with van der Waals surface area (Å²) in [6.07, 6.45) is 1.06. The standard InChI is InChI=1S/C21H27N3S/c1-17-8-9-21-19(16-17)24(18-6-3-4-7-20(18)25-21)11-5-10-23-14-12-22(2)13-15-23/h3-4,6-9,16H,5,10-15H2,1-2H3/i2D3. The number of likely N-dealkylation sites (N-methyl/N-ethyl adjacent to an activating group) is 1. The third-order valence-electron chi connectivity index (χ3n) is 5.01. The monoisotopic (exact) mass is 356 g/mol. The second kappa shape index (κ2) is 7.40. The number of hydrogen-bond acceptors (Lipinski definition) is 4. The van der Waals surface area contributed by atoms with E-state index in [0.717, 1.165) is 32.6 Å². The largest absolute Gasteiger partial charge is 0.340 e. The number of hydrogen-bond donors (Lipinski definition) is 0. The van der Waals surface area contributed by atoms with Gasteiger partial charge in [0.25, 0.3) is 0 Å². The molecule has 4 rings (SSSR count). The van der Waals surface area contributed by atoms with Crippen molar-refractivity contribution in [3.63, 3.8) is 0 Å². The molecule has 0 aliphatic carbocycles. The van der Waals surface area contributed by atoms with Crippen molar-refractivity contribution in [1.82, 2.24) is 9.80 Å². The molecule has 0 unspecified atom stereocenters. The van der Waals surface area contributed by atoms with Crippen LogP contribution >= 0.6 is 11.8 Å². The molecule has 3 nitrogen and oxygen atoms in total. The van der Waals surface area contributed by atoms with Gasteiger partial charge in [0.2, 0.25) is 0 Å². The molecule has 25 heavy (non-hydrogen) atoms. The number of para-hydroxylation sites is 1. The molecule has 0 saturated carbocycles. The number of anilines is 2. The SMILES string of the molecule is [2H]C([2H])([2H])N1CCN(CCCN2c3ccccc3Sc3ccc(C)cc32)CC1. The number of piperazine rings is 1. The number of benzene rings is 2. The van der Waals surface area contributed by atoms with E-state index in [1.54, 1.807) is 4.90 Å². The molecule has 0 amide bonds. The van der Waals surface area contributed by atoms with Gasteiger partial charge in [-0.15, -0.1) is 0 Å². The Balaban J connectivity index is 1.41. The highest BCUT2D eigenvalue weighted by Gasteiger charge is 2.23. The lowest BCUT2D eigenvalue weighted by Gasteiger charge is -2.35. The molecule has 0 spiro atoms. The van der Waals surface area contributed by atoms with Crippen LogP contribution < -0.4 is 4.90 Å². The lowest BCUT2D eigenvalue weighted by Crippen LogP contribution is -2.45. The van der Waals surface area contributed by atoms with Gasteiger partial charge in [0.15, 0.2) is 0 Å². The molecule has 2 aromatic carbocycles. The molecular formula is C21H27N3S. The van der Waals surface area contributed by atoms with Crippen LogP contribution in [0.1, 0.15) is 16.1 Å². The Morgan fingerprint density at radius 3 is 2.60 bits per heavy atom. The highest BCUT2D eigenvalue weighted by molar-refractivity contribution is 7.99. The van der Waals surface area contributed by atoms with Crippen LogP contribution in [0.2, 0.25) is 0 Å². The van der Waals surface area contributed by atoms with Gasteiger partial charge in [-0.1, -0.05) is 30.0 Å². The molecule has 2 aromatic rings. The molecule has 0 N–H and O–H groups in total. The topological polar surface area (TPSA) is 9.72 Å². The van der Waals surface area contributed by atoms with Gasteiger partial charge in [0.1, 0.15) is 0 Å². The van der Waals surface area contributed by atoms with Crippen molar-refractivity contribution in [1.29, 1.82) is 0 Å². The van der Waals surface area contributed by atoms with Crippen molar-refractivity contribution < 1.29 is 4.11 Å². The third kappa shape index (κ3) is 3.71. The second-order valence-corrected chi connectivity index (χ2v) is 7.96. The molecule has 2 aliphatic rings. The van der Waals surface area contributed by atoms with Crippen molar-refractivity contribution >= 4 is 23.1 Å². The van der Waals surface area contributed by atoms with E-state index in [9.17, 15) is 0 Å². The van der Waals surface area contributed by atoms with Gasteiger partial charge in [0, 0.05) is 46.6 Å². The summed E-state index contributed by atoms with van der Waals surface area (Å²) >= 11 is 1.85. The maximum Gasteiger partial charge on any atom is 0.0555 e. The van der Waals surface area contributed by atoms with Gasteiger partial charge in [-0.05, 0) is 56.7 Å². The molecule has 0 atom stereocenters. The molecule has 0 aromatic heterocycles. The summed E-state index contributed by atoms with van der Waals surface area (Å²) in [5, 5.41) is 0. The first-order chi connectivity index (χ1) is 13.4. The van der Waals surface area contributed by atoms with Crippen LogP contribution in [0.5, 0.6) is 0 Å². The Morgan fingerprint density at radius 1 is 0.960 bits per heavy atom. The Kier molecular flexibility index (Phi) is 4.05. The summed E-state index contributed by atoms with van der Waals surface area (Å²) in [6, 6.07) is 15.3. The molecule has 0 radical (unpaired) electrons. The number of aryl methyl sites for hydroxylation is 1. The smallest absolute Gasteiger partial charge is 0.0555 e. The van der Waals surface area contributed by atoms with Gasteiger partial charge in [-0.2, -0.15) is 0 Å². The zero-order valence-electron chi connectivity index (χ0n) is 17.7. The molecule has 0 bridgehead atoms. The normalized spacial score (nSPS) is 20.4. The fourth-order valence-corrected chi connectivity index (χ4v) is 4.68. The lowest BCUT2D eigenvalue weighted by atomic mass is 10.1. The average Bonchev–Trinajstić information content (AvgIpc) is 2.67. The average molecular weight is 357 g/mol. The van der Waals surface area contributed by atoms with E-state index in [1.165, 1.54) is 26.7 Å². The predicted molar refractivity (Wildman–Crippen MR) is 107 cm³/mol. The molecule has 2 heterocycles. The minimum Gasteiger partial charge on any atom is -0.340 e. The van der Waals surface area contributed by atoms with Gasteiger partial charge in [0.05, 0.1) is 11.4 Å². The highest BCUT2D eigenvalue weighted by atomic mass is 32.2. The number of fused-ring (bicyclic) bond motifs is 2. The van der Waals surface area contributed by atoms with Crippen LogP contribution in [0.4, 0.5) is 11.4 Å². The van der Waals surface area contributed by atoms with Gasteiger partial charge in [-0.25, -0.2) is 0 Å². The summed E-state index contributed by atoms with van der Waals surface area (Å²) in [6.45, 7) is 5.08. The lowest BCUT2D eigenvalue weighted by molar-refractivity contribution is 0.153. The van der Waals surface area contributed by atoms with Crippen LogP contribution in [0.3, 0.4) is 0 Å². The van der Waals surface area contributed by atoms with Crippen molar-refractivity contribution in [2.75, 3.05) is 51.1 Å². The minimum absolute atomic E-state index is 0.627. The fourth-order valence-electron chi connectivity index (χ4n) is 3.60. The van der Waals surface area contributed by atoms with Crippen molar-refractivity contribution in [2.24, 2.45) is 0 Å². The molecule has 1 saturated heterocycles. The summed E-state index contributed by atoms with van der Waals surface area (Å²) in [5.74, 6) is 0. The molecule has 1 fully saturated rings. The van der Waals surface area contributed by atoms with E-state index in [4.69, 9.17) is 4.11 Å². The molecule has 2 aliphatic heterocycles. The second-order valence-electron chi connectivity index (χ2n) is 6.87. The van der Waals surface area contributed by atoms with Gasteiger partial charge >= 0.3 is 0 Å². The summed E-state index contributed by atoms with van der Waals surface area (Å²) in [7, 11) is 0. The maximum atomic E-state index is 7.55. The third-order valence-corrected chi connectivity index (χ3v) is 6.14. The molecule has 132 valence electrons. The van der Waals surface area contributed by atoms with E-state index < -0.39 is 6.98 Å². The zero-order chi connectivity index (χ0) is 19.7. The van der Waals surface area contributed by atoms with E-state index in [1.807, 2.05) is 11.8 Å². The van der Waals surface area contributed by atoms with E-state index in [0.29, 0.717) is 13.1 Å². The van der Waals surface area contributed by atoms with Crippen LogP contribution in [0.25, 0.3) is 0 Å². The minimum atomic E-state index is -1.96. The summed E-state index contributed by atoms with van der Waals surface area (Å²) in [4.78, 5) is 9.08. The Bertz CT molecular complexity index is 832. The van der Waals surface area contributed by atoms with Crippen LogP contribution in [0, 0.1) is 6.92 Å². The predicted octanol–water partition coefficient (Wildman–Crippen LogP) is 4.24. The van der Waals surface area contributed by atoms with Crippen LogP contribution in [0.15, 0.2) is 52.3 Å².